The van der Waals surface area contributed by atoms with E-state index in [1.54, 1.807) is 12.1 Å². The highest BCUT2D eigenvalue weighted by Gasteiger charge is 2.09. The maximum atomic E-state index is 11.1. The lowest BCUT2D eigenvalue weighted by molar-refractivity contribution is -0.139. The second-order valence-electron chi connectivity index (χ2n) is 3.96. The van der Waals surface area contributed by atoms with Gasteiger partial charge in [0.15, 0.2) is 0 Å². The van der Waals surface area contributed by atoms with Gasteiger partial charge in [0.05, 0.1) is 13.5 Å². The first-order valence-electron chi connectivity index (χ1n) is 5.80. The summed E-state index contributed by atoms with van der Waals surface area (Å²) in [4.78, 5) is 11.1. The molecule has 0 atom stereocenters. The van der Waals surface area contributed by atoms with Crippen molar-refractivity contribution in [2.24, 2.45) is 0 Å². The summed E-state index contributed by atoms with van der Waals surface area (Å²) in [6.07, 6.45) is 0.0357. The number of carbonyl (C=O) groups is 1. The number of hydrogen-bond acceptors (Lipinski definition) is 4. The van der Waals surface area contributed by atoms with E-state index in [4.69, 9.17) is 4.74 Å². The number of esters is 1. The van der Waals surface area contributed by atoms with Crippen LogP contribution >= 0.6 is 0 Å². The van der Waals surface area contributed by atoms with Gasteiger partial charge in [0.25, 0.3) is 0 Å². The Hall–Kier alpha value is -2.49. The van der Waals surface area contributed by atoms with Crippen molar-refractivity contribution in [3.8, 4) is 17.2 Å². The molecule has 0 saturated heterocycles. The van der Waals surface area contributed by atoms with E-state index < -0.39 is 5.97 Å². The molecule has 0 unspecified atom stereocenters. The minimum Gasteiger partial charge on any atom is -0.508 e. The topological polar surface area (TPSA) is 55.8 Å². The van der Waals surface area contributed by atoms with E-state index in [1.807, 2.05) is 30.3 Å². The highest BCUT2D eigenvalue weighted by Crippen LogP contribution is 2.27. The fourth-order valence-corrected chi connectivity index (χ4v) is 1.61. The first-order valence-corrected chi connectivity index (χ1v) is 5.80. The van der Waals surface area contributed by atoms with E-state index >= 15 is 0 Å². The molecule has 4 nitrogen and oxygen atoms in total. The monoisotopic (exact) mass is 258 g/mol. The van der Waals surface area contributed by atoms with E-state index in [9.17, 15) is 9.90 Å². The van der Waals surface area contributed by atoms with Crippen LogP contribution in [0, 0.1) is 0 Å². The summed E-state index contributed by atoms with van der Waals surface area (Å²) in [5, 5.41) is 9.83. The van der Waals surface area contributed by atoms with Crippen LogP contribution in [-0.4, -0.2) is 18.2 Å². The number of rotatable bonds is 4. The van der Waals surface area contributed by atoms with Crippen molar-refractivity contribution in [2.75, 3.05) is 7.11 Å². The number of methoxy groups -OCH3 is 1. The van der Waals surface area contributed by atoms with E-state index in [1.165, 1.54) is 13.2 Å². The molecule has 0 radical (unpaired) electrons. The predicted molar refractivity (Wildman–Crippen MR) is 70.3 cm³/mol. The van der Waals surface area contributed by atoms with Gasteiger partial charge in [-0.2, -0.15) is 0 Å². The summed E-state index contributed by atoms with van der Waals surface area (Å²) in [6.45, 7) is 0. The molecule has 0 aliphatic rings. The van der Waals surface area contributed by atoms with Gasteiger partial charge in [-0.3, -0.25) is 4.79 Å². The third-order valence-electron chi connectivity index (χ3n) is 2.60. The molecule has 2 aromatic carbocycles. The van der Waals surface area contributed by atoms with Crippen LogP contribution in [0.15, 0.2) is 48.5 Å². The minimum atomic E-state index is -0.396. The molecular formula is C15H14O4. The molecule has 0 saturated carbocycles. The Balaban J connectivity index is 2.13. The van der Waals surface area contributed by atoms with Crippen molar-refractivity contribution in [1.29, 1.82) is 0 Å². The second-order valence-corrected chi connectivity index (χ2v) is 3.96. The summed E-state index contributed by atoms with van der Waals surface area (Å²) >= 11 is 0. The van der Waals surface area contributed by atoms with Crippen LogP contribution in [0.2, 0.25) is 0 Å². The summed E-state index contributed by atoms with van der Waals surface area (Å²) in [5.41, 5.74) is 0.507. The lowest BCUT2D eigenvalue weighted by Gasteiger charge is -2.08. The van der Waals surface area contributed by atoms with Crippen LogP contribution in [0.5, 0.6) is 17.2 Å². The van der Waals surface area contributed by atoms with Gasteiger partial charge in [0, 0.05) is 11.6 Å². The van der Waals surface area contributed by atoms with Gasteiger partial charge in [-0.15, -0.1) is 0 Å². The molecule has 0 heterocycles. The van der Waals surface area contributed by atoms with Crippen molar-refractivity contribution >= 4 is 5.97 Å². The van der Waals surface area contributed by atoms with Crippen LogP contribution in [0.1, 0.15) is 5.56 Å². The van der Waals surface area contributed by atoms with E-state index in [-0.39, 0.29) is 12.2 Å². The normalized spacial score (nSPS) is 9.95. The van der Waals surface area contributed by atoms with Crippen molar-refractivity contribution < 1.29 is 19.4 Å². The van der Waals surface area contributed by atoms with Crippen LogP contribution in [-0.2, 0) is 16.0 Å². The van der Waals surface area contributed by atoms with Crippen molar-refractivity contribution in [2.45, 2.75) is 6.42 Å². The number of aromatic hydroxyl groups is 1. The standard InChI is InChI=1S/C15H14O4/c1-18-15(17)9-11-7-8-13(10-14(11)16)19-12-5-3-2-4-6-12/h2-8,10,16H,9H2,1H3. The average molecular weight is 258 g/mol. The highest BCUT2D eigenvalue weighted by molar-refractivity contribution is 5.73. The van der Waals surface area contributed by atoms with Crippen LogP contribution in [0.4, 0.5) is 0 Å². The van der Waals surface area contributed by atoms with E-state index in [0.29, 0.717) is 17.1 Å². The molecule has 0 amide bonds. The zero-order valence-electron chi connectivity index (χ0n) is 10.5. The molecule has 0 aromatic heterocycles. The molecule has 98 valence electrons. The van der Waals surface area contributed by atoms with Crippen LogP contribution in [0.25, 0.3) is 0 Å². The first-order chi connectivity index (χ1) is 9.19. The molecule has 4 heteroatoms. The zero-order valence-corrected chi connectivity index (χ0v) is 10.5. The molecule has 1 N–H and O–H groups in total. The van der Waals surface area contributed by atoms with Gasteiger partial charge in [-0.05, 0) is 18.2 Å². The molecule has 0 aliphatic heterocycles. The Bertz CT molecular complexity index is 564. The fraction of sp³-hybridized carbons (Fsp3) is 0.133. The minimum absolute atomic E-state index is 0.0128. The molecule has 0 aliphatic carbocycles. The maximum Gasteiger partial charge on any atom is 0.310 e. The molecule has 2 rings (SSSR count). The zero-order chi connectivity index (χ0) is 13.7. The van der Waals surface area contributed by atoms with Crippen molar-refractivity contribution in [1.82, 2.24) is 0 Å². The lowest BCUT2D eigenvalue weighted by Crippen LogP contribution is -2.04. The largest absolute Gasteiger partial charge is 0.508 e. The number of ether oxygens (including phenoxy) is 2. The Morgan fingerprint density at radius 2 is 1.84 bits per heavy atom. The number of phenols is 1. The van der Waals surface area contributed by atoms with Gasteiger partial charge in [0.2, 0.25) is 0 Å². The van der Waals surface area contributed by atoms with Crippen molar-refractivity contribution in [3.63, 3.8) is 0 Å². The van der Waals surface area contributed by atoms with Gasteiger partial charge >= 0.3 is 5.97 Å². The Kier molecular flexibility index (Phi) is 4.03. The van der Waals surface area contributed by atoms with Crippen LogP contribution < -0.4 is 4.74 Å². The van der Waals surface area contributed by atoms with Gasteiger partial charge in [-0.25, -0.2) is 0 Å². The van der Waals surface area contributed by atoms with Crippen molar-refractivity contribution in [3.05, 3.63) is 54.1 Å². The van der Waals surface area contributed by atoms with Gasteiger partial charge in [-0.1, -0.05) is 24.3 Å². The summed E-state index contributed by atoms with van der Waals surface area (Å²) in [6, 6.07) is 14.1. The van der Waals surface area contributed by atoms with E-state index in [2.05, 4.69) is 4.74 Å². The average Bonchev–Trinajstić information content (AvgIpc) is 2.43. The molecular weight excluding hydrogens is 244 g/mol. The maximum absolute atomic E-state index is 11.1. The van der Waals surface area contributed by atoms with Gasteiger partial charge < -0.3 is 14.6 Å². The molecule has 0 fully saturated rings. The highest BCUT2D eigenvalue weighted by atomic mass is 16.5. The summed E-state index contributed by atoms with van der Waals surface area (Å²) in [7, 11) is 1.31. The first kappa shape index (κ1) is 13.0. The molecule has 2 aromatic rings. The molecule has 19 heavy (non-hydrogen) atoms. The third-order valence-corrected chi connectivity index (χ3v) is 2.60. The summed E-state index contributed by atoms with van der Waals surface area (Å²) in [5.74, 6) is 0.811. The lowest BCUT2D eigenvalue weighted by atomic mass is 10.1. The number of hydrogen-bond donors (Lipinski definition) is 1. The third kappa shape index (κ3) is 3.48. The Morgan fingerprint density at radius 3 is 2.47 bits per heavy atom. The van der Waals surface area contributed by atoms with Gasteiger partial charge in [0.1, 0.15) is 17.2 Å². The predicted octanol–water partition coefficient (Wildman–Crippen LogP) is 2.90. The molecule has 0 bridgehead atoms. The number of phenolic OH excluding ortho intramolecular Hbond substituents is 1. The Labute approximate surface area is 111 Å². The fourth-order valence-electron chi connectivity index (χ4n) is 1.61. The van der Waals surface area contributed by atoms with E-state index in [0.717, 1.165) is 0 Å². The quantitative estimate of drug-likeness (QED) is 0.857. The van der Waals surface area contributed by atoms with Crippen LogP contribution in [0.3, 0.4) is 0 Å². The Morgan fingerprint density at radius 1 is 1.11 bits per heavy atom. The molecule has 0 spiro atoms. The smallest absolute Gasteiger partial charge is 0.310 e. The number of carbonyl (C=O) groups excluding carboxylic acids is 1. The SMILES string of the molecule is COC(=O)Cc1ccc(Oc2ccccc2)cc1O. The summed E-state index contributed by atoms with van der Waals surface area (Å²) < 4.78 is 10.1. The number of benzene rings is 2. The second kappa shape index (κ2) is 5.91. The number of para-hydroxylation sites is 1.